The van der Waals surface area contributed by atoms with Crippen molar-refractivity contribution in [2.75, 3.05) is 25.0 Å². The molecule has 0 saturated carbocycles. The van der Waals surface area contributed by atoms with Crippen molar-refractivity contribution >= 4 is 28.8 Å². The lowest BCUT2D eigenvalue weighted by Gasteiger charge is -2.10. The lowest BCUT2D eigenvalue weighted by molar-refractivity contribution is 0.537. The van der Waals surface area contributed by atoms with Crippen LogP contribution in [0.2, 0.25) is 4.34 Å². The van der Waals surface area contributed by atoms with Crippen molar-refractivity contribution in [1.29, 1.82) is 0 Å². The summed E-state index contributed by atoms with van der Waals surface area (Å²) in [6.07, 6.45) is 2.00. The van der Waals surface area contributed by atoms with E-state index >= 15 is 0 Å². The van der Waals surface area contributed by atoms with Gasteiger partial charge in [-0.25, -0.2) is 0 Å². The number of anilines is 1. The molecule has 1 atom stereocenters. The molecule has 0 aliphatic heterocycles. The molecule has 7 heteroatoms. The second kappa shape index (κ2) is 7.81. The highest BCUT2D eigenvalue weighted by Crippen LogP contribution is 2.27. The van der Waals surface area contributed by atoms with Crippen LogP contribution in [0.4, 0.5) is 10.2 Å². The summed E-state index contributed by atoms with van der Waals surface area (Å²) >= 11 is 6.62. The fourth-order valence-corrected chi connectivity index (χ4v) is 2.07. The van der Waals surface area contributed by atoms with Gasteiger partial charge in [-0.2, -0.15) is 9.37 Å². The molecule has 0 spiro atoms. The van der Waals surface area contributed by atoms with Crippen LogP contribution in [0.5, 0.6) is 0 Å². The van der Waals surface area contributed by atoms with Gasteiger partial charge in [-0.1, -0.05) is 22.9 Å². The van der Waals surface area contributed by atoms with E-state index in [9.17, 15) is 4.39 Å². The summed E-state index contributed by atoms with van der Waals surface area (Å²) in [5.74, 6) is 0.442. The molecular formula is C10H18ClFN4S. The van der Waals surface area contributed by atoms with Crippen LogP contribution in [0, 0.1) is 5.26 Å². The molecule has 1 aromatic rings. The Morgan fingerprint density at radius 2 is 2.18 bits per heavy atom. The number of hydrogen-bond donors (Lipinski definition) is 3. The maximum atomic E-state index is 12.7. The zero-order valence-corrected chi connectivity index (χ0v) is 11.4. The highest BCUT2D eigenvalue weighted by Gasteiger charge is 2.07. The van der Waals surface area contributed by atoms with Crippen molar-refractivity contribution in [2.45, 2.75) is 25.8 Å². The Bertz CT molecular complexity index is 334. The number of nitrogens with zero attached hydrogens (tertiary/aromatic N) is 1. The standard InChI is InChI=1S/C10H18ClFN4S/c1-7(6-13)14-4-2-3-5-15-9-8(11)17-10(12)16-9/h7,14-15H,2-6,13H2,1H3/t7-/m1/s1. The van der Waals surface area contributed by atoms with Crippen LogP contribution >= 0.6 is 22.9 Å². The first-order chi connectivity index (χ1) is 8.13. The lowest BCUT2D eigenvalue weighted by atomic mass is 10.2. The average molecular weight is 281 g/mol. The van der Waals surface area contributed by atoms with Crippen LogP contribution in [0.25, 0.3) is 0 Å². The summed E-state index contributed by atoms with van der Waals surface area (Å²) in [6.45, 7) is 4.36. The number of thiazole rings is 1. The molecule has 1 heterocycles. The maximum absolute atomic E-state index is 12.7. The smallest absolute Gasteiger partial charge is 0.272 e. The number of unbranched alkanes of at least 4 members (excludes halogenated alkanes) is 1. The highest BCUT2D eigenvalue weighted by molar-refractivity contribution is 7.15. The zero-order chi connectivity index (χ0) is 12.7. The van der Waals surface area contributed by atoms with Crippen LogP contribution in [0.1, 0.15) is 19.8 Å². The minimum Gasteiger partial charge on any atom is -0.368 e. The van der Waals surface area contributed by atoms with Crippen molar-refractivity contribution in [1.82, 2.24) is 10.3 Å². The molecule has 0 aliphatic rings. The highest BCUT2D eigenvalue weighted by atomic mass is 35.5. The molecule has 0 saturated heterocycles. The second-order valence-electron chi connectivity index (χ2n) is 3.81. The first kappa shape index (κ1) is 14.6. The first-order valence-corrected chi connectivity index (χ1v) is 6.82. The second-order valence-corrected chi connectivity index (χ2v) is 5.37. The number of hydrogen-bond acceptors (Lipinski definition) is 5. The van der Waals surface area contributed by atoms with Crippen molar-refractivity contribution in [2.24, 2.45) is 5.73 Å². The predicted molar refractivity (Wildman–Crippen MR) is 71.3 cm³/mol. The predicted octanol–water partition coefficient (Wildman–Crippen LogP) is 2.06. The molecule has 0 radical (unpaired) electrons. The van der Waals surface area contributed by atoms with E-state index in [4.69, 9.17) is 17.3 Å². The van der Waals surface area contributed by atoms with Crippen LogP contribution in [0.3, 0.4) is 0 Å². The van der Waals surface area contributed by atoms with Gasteiger partial charge >= 0.3 is 0 Å². The Balaban J connectivity index is 2.06. The number of aromatic nitrogens is 1. The molecule has 0 aliphatic carbocycles. The third-order valence-corrected chi connectivity index (χ3v) is 3.34. The lowest BCUT2D eigenvalue weighted by Crippen LogP contribution is -2.33. The minimum absolute atomic E-state index is 0.352. The zero-order valence-electron chi connectivity index (χ0n) is 9.80. The van der Waals surface area contributed by atoms with Gasteiger partial charge in [0, 0.05) is 19.1 Å². The molecule has 0 fully saturated rings. The number of nitrogens with two attached hydrogens (primary N) is 1. The summed E-state index contributed by atoms with van der Waals surface area (Å²) in [6, 6.07) is 0.352. The van der Waals surface area contributed by atoms with Gasteiger partial charge in [-0.3, -0.25) is 0 Å². The maximum Gasteiger partial charge on any atom is 0.272 e. The third kappa shape index (κ3) is 5.63. The van der Waals surface area contributed by atoms with E-state index < -0.39 is 5.26 Å². The molecule has 0 amide bonds. The van der Waals surface area contributed by atoms with Crippen molar-refractivity contribution in [3.05, 3.63) is 9.60 Å². The Hall–Kier alpha value is -0.430. The van der Waals surface area contributed by atoms with Gasteiger partial charge in [-0.05, 0) is 26.3 Å². The Morgan fingerprint density at radius 3 is 2.76 bits per heavy atom. The minimum atomic E-state index is -0.504. The largest absolute Gasteiger partial charge is 0.368 e. The average Bonchev–Trinajstić information content (AvgIpc) is 2.62. The summed E-state index contributed by atoms with van der Waals surface area (Å²) in [5, 5.41) is 5.80. The van der Waals surface area contributed by atoms with E-state index in [2.05, 4.69) is 22.5 Å². The van der Waals surface area contributed by atoms with Crippen molar-refractivity contribution in [3.8, 4) is 0 Å². The Kier molecular flexibility index (Phi) is 6.72. The summed E-state index contributed by atoms with van der Waals surface area (Å²) < 4.78 is 13.1. The monoisotopic (exact) mass is 280 g/mol. The summed E-state index contributed by atoms with van der Waals surface area (Å²) in [4.78, 5) is 3.65. The molecule has 4 nitrogen and oxygen atoms in total. The fraction of sp³-hybridized carbons (Fsp3) is 0.700. The topological polar surface area (TPSA) is 63.0 Å². The molecule has 1 aromatic heterocycles. The van der Waals surface area contributed by atoms with Crippen molar-refractivity contribution in [3.63, 3.8) is 0 Å². The van der Waals surface area contributed by atoms with Gasteiger partial charge in [0.1, 0.15) is 4.34 Å². The van der Waals surface area contributed by atoms with E-state index in [0.29, 0.717) is 22.7 Å². The fourth-order valence-electron chi connectivity index (χ4n) is 1.27. The Morgan fingerprint density at radius 1 is 1.47 bits per heavy atom. The molecule has 17 heavy (non-hydrogen) atoms. The van der Waals surface area contributed by atoms with E-state index in [-0.39, 0.29) is 0 Å². The molecule has 0 aromatic carbocycles. The quantitative estimate of drug-likeness (QED) is 0.638. The normalized spacial score (nSPS) is 12.7. The molecule has 0 bridgehead atoms. The molecule has 98 valence electrons. The van der Waals surface area contributed by atoms with E-state index in [1.165, 1.54) is 0 Å². The van der Waals surface area contributed by atoms with Crippen LogP contribution < -0.4 is 16.4 Å². The number of nitrogens with one attached hydrogen (secondary N) is 2. The summed E-state index contributed by atoms with van der Waals surface area (Å²) in [5.41, 5.74) is 5.48. The van der Waals surface area contributed by atoms with Gasteiger partial charge in [0.05, 0.1) is 0 Å². The molecule has 0 unspecified atom stereocenters. The van der Waals surface area contributed by atoms with E-state index in [1.54, 1.807) is 0 Å². The van der Waals surface area contributed by atoms with E-state index in [0.717, 1.165) is 37.3 Å². The van der Waals surface area contributed by atoms with E-state index in [1.807, 2.05) is 0 Å². The van der Waals surface area contributed by atoms with Crippen molar-refractivity contribution < 1.29 is 4.39 Å². The molecule has 1 rings (SSSR count). The van der Waals surface area contributed by atoms with Gasteiger partial charge in [-0.15, -0.1) is 0 Å². The van der Waals surface area contributed by atoms with Gasteiger partial charge in [0.25, 0.3) is 5.26 Å². The van der Waals surface area contributed by atoms with Gasteiger partial charge < -0.3 is 16.4 Å². The van der Waals surface area contributed by atoms with Gasteiger partial charge in [0.15, 0.2) is 5.82 Å². The van der Waals surface area contributed by atoms with Gasteiger partial charge in [0.2, 0.25) is 0 Å². The SMILES string of the molecule is C[C@H](CN)NCCCCNc1nc(F)sc1Cl. The molecular weight excluding hydrogens is 263 g/mol. The van der Waals surface area contributed by atoms with Crippen LogP contribution in [-0.2, 0) is 0 Å². The van der Waals surface area contributed by atoms with Crippen LogP contribution in [0.15, 0.2) is 0 Å². The summed E-state index contributed by atoms with van der Waals surface area (Å²) in [7, 11) is 0. The number of halogens is 2. The third-order valence-electron chi connectivity index (χ3n) is 2.30. The number of rotatable bonds is 8. The Labute approximate surface area is 110 Å². The van der Waals surface area contributed by atoms with Crippen LogP contribution in [-0.4, -0.2) is 30.7 Å². The molecule has 4 N–H and O–H groups in total. The first-order valence-electron chi connectivity index (χ1n) is 5.62.